The summed E-state index contributed by atoms with van der Waals surface area (Å²) in [6.07, 6.45) is 3.11. The van der Waals surface area contributed by atoms with Gasteiger partial charge in [0.15, 0.2) is 0 Å². The van der Waals surface area contributed by atoms with Crippen LogP contribution >= 0.6 is 11.6 Å². The van der Waals surface area contributed by atoms with E-state index < -0.39 is 0 Å². The van der Waals surface area contributed by atoms with Crippen LogP contribution in [-0.2, 0) is 4.79 Å². The summed E-state index contributed by atoms with van der Waals surface area (Å²) in [5.74, 6) is -0.211. The number of hydrogen-bond acceptors (Lipinski definition) is 4. The number of nitrogen functional groups attached to an aromatic ring is 1. The van der Waals surface area contributed by atoms with Gasteiger partial charge in [-0.3, -0.25) is 9.78 Å². The molecule has 144 valence electrons. The van der Waals surface area contributed by atoms with E-state index in [9.17, 15) is 9.18 Å². The van der Waals surface area contributed by atoms with Gasteiger partial charge in [-0.15, -0.1) is 0 Å². The molecule has 0 fully saturated rings. The van der Waals surface area contributed by atoms with Gasteiger partial charge in [0.2, 0.25) is 5.91 Å². The zero-order valence-electron chi connectivity index (χ0n) is 15.4. The third kappa shape index (κ3) is 3.75. The fraction of sp³-hybridized carbons (Fsp3) is 0.0455. The Morgan fingerprint density at radius 2 is 1.76 bits per heavy atom. The van der Waals surface area contributed by atoms with E-state index in [1.807, 2.05) is 30.3 Å². The van der Waals surface area contributed by atoms with E-state index in [1.165, 1.54) is 25.3 Å². The summed E-state index contributed by atoms with van der Waals surface area (Å²) in [7, 11) is 0. The number of rotatable bonds is 3. The maximum Gasteiger partial charge on any atom is 0.221 e. The minimum absolute atomic E-state index is 0.133. The molecule has 0 aliphatic carbocycles. The van der Waals surface area contributed by atoms with Gasteiger partial charge in [-0.25, -0.2) is 9.37 Å². The standard InChI is InChI=1S/C22H16ClFN4O/c1-12(29)28-15-4-2-13(3-5-15)14-8-17(22(25)27-10-14)21-9-16-18(11-26-21)20(24)7-6-19(16)23/h2-11H,1H3,(H2,25,27)(H,28,29). The highest BCUT2D eigenvalue weighted by molar-refractivity contribution is 6.35. The number of anilines is 2. The van der Waals surface area contributed by atoms with Crippen molar-refractivity contribution < 1.29 is 9.18 Å². The lowest BCUT2D eigenvalue weighted by Gasteiger charge is -2.10. The SMILES string of the molecule is CC(=O)Nc1ccc(-c2cnc(N)c(-c3cc4c(Cl)ccc(F)c4cn3)c2)cc1. The minimum Gasteiger partial charge on any atom is -0.383 e. The Morgan fingerprint density at radius 3 is 2.48 bits per heavy atom. The number of hydrogen-bond donors (Lipinski definition) is 2. The summed E-state index contributed by atoms with van der Waals surface area (Å²) >= 11 is 6.23. The van der Waals surface area contributed by atoms with E-state index in [0.29, 0.717) is 38.6 Å². The van der Waals surface area contributed by atoms with Gasteiger partial charge in [0.25, 0.3) is 0 Å². The number of benzene rings is 2. The molecule has 4 rings (SSSR count). The Hall–Kier alpha value is -3.51. The van der Waals surface area contributed by atoms with Crippen molar-refractivity contribution in [2.75, 3.05) is 11.1 Å². The van der Waals surface area contributed by atoms with Gasteiger partial charge in [0, 0.05) is 51.9 Å². The van der Waals surface area contributed by atoms with Gasteiger partial charge in [-0.1, -0.05) is 23.7 Å². The number of carbonyl (C=O) groups is 1. The molecule has 0 unspecified atom stereocenters. The van der Waals surface area contributed by atoms with Crippen LogP contribution < -0.4 is 11.1 Å². The number of aromatic nitrogens is 2. The topological polar surface area (TPSA) is 80.9 Å². The lowest BCUT2D eigenvalue weighted by atomic mass is 10.0. The first-order valence-corrected chi connectivity index (χ1v) is 9.18. The number of nitrogens with one attached hydrogen (secondary N) is 1. The number of nitrogens with zero attached hydrogens (tertiary/aromatic N) is 2. The van der Waals surface area contributed by atoms with Crippen molar-refractivity contribution in [3.8, 4) is 22.4 Å². The highest BCUT2D eigenvalue weighted by Gasteiger charge is 2.12. The summed E-state index contributed by atoms with van der Waals surface area (Å²) in [6.45, 7) is 1.46. The first-order chi connectivity index (χ1) is 13.9. The molecule has 2 aromatic carbocycles. The molecule has 2 aromatic heterocycles. The maximum absolute atomic E-state index is 14.0. The lowest BCUT2D eigenvalue weighted by Crippen LogP contribution is -2.05. The zero-order chi connectivity index (χ0) is 20.5. The number of nitrogens with two attached hydrogens (primary N) is 1. The van der Waals surface area contributed by atoms with Crippen LogP contribution in [0.4, 0.5) is 15.9 Å². The number of amides is 1. The molecule has 0 bridgehead atoms. The van der Waals surface area contributed by atoms with Crippen LogP contribution in [0.15, 0.2) is 60.9 Å². The van der Waals surface area contributed by atoms with Crippen molar-refractivity contribution in [3.63, 3.8) is 0 Å². The van der Waals surface area contributed by atoms with Crippen LogP contribution in [0.2, 0.25) is 5.02 Å². The van der Waals surface area contributed by atoms with E-state index in [-0.39, 0.29) is 11.7 Å². The highest BCUT2D eigenvalue weighted by atomic mass is 35.5. The van der Waals surface area contributed by atoms with Gasteiger partial charge in [-0.05, 0) is 42.0 Å². The average molecular weight is 407 g/mol. The Morgan fingerprint density at radius 1 is 1.00 bits per heavy atom. The van der Waals surface area contributed by atoms with Gasteiger partial charge in [0.1, 0.15) is 11.6 Å². The van der Waals surface area contributed by atoms with Crippen LogP contribution in [-0.4, -0.2) is 15.9 Å². The van der Waals surface area contributed by atoms with Gasteiger partial charge < -0.3 is 11.1 Å². The molecule has 0 radical (unpaired) electrons. The molecule has 29 heavy (non-hydrogen) atoms. The molecule has 7 heteroatoms. The zero-order valence-corrected chi connectivity index (χ0v) is 16.2. The molecular formula is C22H16ClFN4O. The second-order valence-electron chi connectivity index (χ2n) is 6.56. The Kier molecular flexibility index (Phi) is 4.86. The summed E-state index contributed by atoms with van der Waals surface area (Å²) < 4.78 is 14.0. The number of pyridine rings is 2. The molecule has 5 nitrogen and oxygen atoms in total. The summed E-state index contributed by atoms with van der Waals surface area (Å²) in [5.41, 5.74) is 9.69. The van der Waals surface area contributed by atoms with E-state index >= 15 is 0 Å². The van der Waals surface area contributed by atoms with Crippen LogP contribution in [0.25, 0.3) is 33.2 Å². The lowest BCUT2D eigenvalue weighted by molar-refractivity contribution is -0.114. The average Bonchev–Trinajstić information content (AvgIpc) is 2.71. The molecular weight excluding hydrogens is 391 g/mol. The molecule has 0 aliphatic rings. The summed E-state index contributed by atoms with van der Waals surface area (Å²) in [6, 6.07) is 13.8. The maximum atomic E-state index is 14.0. The molecule has 0 saturated carbocycles. The van der Waals surface area contributed by atoms with Crippen molar-refractivity contribution in [2.24, 2.45) is 0 Å². The Balaban J connectivity index is 1.77. The molecule has 1 amide bonds. The van der Waals surface area contributed by atoms with E-state index in [1.54, 1.807) is 12.3 Å². The molecule has 0 atom stereocenters. The second-order valence-corrected chi connectivity index (χ2v) is 6.97. The van der Waals surface area contributed by atoms with Crippen molar-refractivity contribution >= 4 is 39.8 Å². The Labute approximate surface area is 171 Å². The molecule has 0 saturated heterocycles. The van der Waals surface area contributed by atoms with Crippen molar-refractivity contribution in [2.45, 2.75) is 6.92 Å². The van der Waals surface area contributed by atoms with Crippen molar-refractivity contribution in [3.05, 3.63) is 71.8 Å². The molecule has 4 aromatic rings. The van der Waals surface area contributed by atoms with Crippen molar-refractivity contribution in [1.29, 1.82) is 0 Å². The minimum atomic E-state index is -0.387. The first-order valence-electron chi connectivity index (χ1n) is 8.80. The smallest absolute Gasteiger partial charge is 0.221 e. The van der Waals surface area contributed by atoms with Crippen LogP contribution in [0.3, 0.4) is 0 Å². The fourth-order valence-corrected chi connectivity index (χ4v) is 3.32. The second kappa shape index (κ2) is 7.48. The third-order valence-electron chi connectivity index (χ3n) is 4.53. The van der Waals surface area contributed by atoms with E-state index in [4.69, 9.17) is 17.3 Å². The molecule has 2 heterocycles. The van der Waals surface area contributed by atoms with Crippen LogP contribution in [0.1, 0.15) is 6.92 Å². The van der Waals surface area contributed by atoms with E-state index in [0.717, 1.165) is 11.1 Å². The quantitative estimate of drug-likeness (QED) is 0.484. The first kappa shape index (κ1) is 18.8. The molecule has 3 N–H and O–H groups in total. The number of carbonyl (C=O) groups excluding carboxylic acids is 1. The molecule has 0 aliphatic heterocycles. The summed E-state index contributed by atoms with van der Waals surface area (Å²) in [5, 5.41) is 4.06. The summed E-state index contributed by atoms with van der Waals surface area (Å²) in [4.78, 5) is 19.8. The number of fused-ring (bicyclic) bond motifs is 1. The molecule has 0 spiro atoms. The highest BCUT2D eigenvalue weighted by Crippen LogP contribution is 2.33. The predicted octanol–water partition coefficient (Wildman–Crippen LogP) is 5.30. The van der Waals surface area contributed by atoms with Crippen LogP contribution in [0, 0.1) is 5.82 Å². The predicted molar refractivity (Wildman–Crippen MR) is 114 cm³/mol. The fourth-order valence-electron chi connectivity index (χ4n) is 3.10. The van der Waals surface area contributed by atoms with Gasteiger partial charge in [0.05, 0.1) is 5.69 Å². The normalized spacial score (nSPS) is 10.9. The Bertz CT molecular complexity index is 1240. The van der Waals surface area contributed by atoms with E-state index in [2.05, 4.69) is 15.3 Å². The largest absolute Gasteiger partial charge is 0.383 e. The number of halogens is 2. The third-order valence-corrected chi connectivity index (χ3v) is 4.86. The monoisotopic (exact) mass is 406 g/mol. The van der Waals surface area contributed by atoms with Gasteiger partial charge >= 0.3 is 0 Å². The van der Waals surface area contributed by atoms with Crippen LogP contribution in [0.5, 0.6) is 0 Å². The van der Waals surface area contributed by atoms with Crippen molar-refractivity contribution in [1.82, 2.24) is 9.97 Å². The van der Waals surface area contributed by atoms with Gasteiger partial charge in [-0.2, -0.15) is 0 Å².